The zero-order chi connectivity index (χ0) is 7.19. The second-order valence-electron chi connectivity index (χ2n) is 4.12. The van der Waals surface area contributed by atoms with Crippen LogP contribution in [-0.4, -0.2) is 5.54 Å². The lowest BCUT2D eigenvalue weighted by atomic mass is 9.78. The first-order valence-electron chi connectivity index (χ1n) is 4.15. The van der Waals surface area contributed by atoms with Crippen LogP contribution >= 0.6 is 0 Å². The Balaban J connectivity index is 2.20. The van der Waals surface area contributed by atoms with Crippen LogP contribution in [0.4, 0.5) is 0 Å². The van der Waals surface area contributed by atoms with Gasteiger partial charge in [0.05, 0.1) is 0 Å². The van der Waals surface area contributed by atoms with E-state index in [0.29, 0.717) is 0 Å². The smallest absolute Gasteiger partial charge is 0.0229 e. The van der Waals surface area contributed by atoms with Crippen LogP contribution < -0.4 is 5.73 Å². The van der Waals surface area contributed by atoms with Crippen LogP contribution in [0, 0.1) is 5.92 Å². The molecule has 0 aromatic carbocycles. The quantitative estimate of drug-likeness (QED) is 0.506. The first kappa shape index (κ1) is 6.41. The molecule has 0 amide bonds. The fourth-order valence-corrected chi connectivity index (χ4v) is 2.47. The predicted molar refractivity (Wildman–Crippen MR) is 42.6 cm³/mol. The van der Waals surface area contributed by atoms with Crippen LogP contribution in [0.1, 0.15) is 32.6 Å². The van der Waals surface area contributed by atoms with Crippen LogP contribution in [0.2, 0.25) is 0 Å². The number of nitrogens with two attached hydrogens (primary N) is 1. The molecule has 1 heteroatoms. The van der Waals surface area contributed by atoms with Crippen molar-refractivity contribution in [3.63, 3.8) is 0 Å². The van der Waals surface area contributed by atoms with E-state index < -0.39 is 0 Å². The molecule has 2 rings (SSSR count). The SMILES string of the molecule is CC1CC2=CCC(N)(C2)C1. The Labute approximate surface area is 62.3 Å². The highest BCUT2D eigenvalue weighted by Gasteiger charge is 2.36. The third kappa shape index (κ3) is 0.891. The van der Waals surface area contributed by atoms with Crippen molar-refractivity contribution in [2.75, 3.05) is 0 Å². The van der Waals surface area contributed by atoms with Gasteiger partial charge in [-0.3, -0.25) is 0 Å². The highest BCUT2D eigenvalue weighted by Crippen LogP contribution is 2.41. The van der Waals surface area contributed by atoms with Gasteiger partial charge in [0, 0.05) is 5.54 Å². The Morgan fingerprint density at radius 2 is 2.50 bits per heavy atom. The molecular formula is C9H15N. The Morgan fingerprint density at radius 1 is 1.70 bits per heavy atom. The van der Waals surface area contributed by atoms with Crippen molar-refractivity contribution in [3.8, 4) is 0 Å². The van der Waals surface area contributed by atoms with Crippen LogP contribution in [0.15, 0.2) is 11.6 Å². The molecule has 2 unspecified atom stereocenters. The minimum absolute atomic E-state index is 0.174. The van der Waals surface area contributed by atoms with Gasteiger partial charge in [0.1, 0.15) is 0 Å². The summed E-state index contributed by atoms with van der Waals surface area (Å²) in [6.45, 7) is 2.31. The molecule has 56 valence electrons. The molecule has 0 heterocycles. The Bertz CT molecular complexity index is 183. The second kappa shape index (κ2) is 1.85. The Kier molecular flexibility index (Phi) is 1.19. The maximum atomic E-state index is 6.14. The summed E-state index contributed by atoms with van der Waals surface area (Å²) in [6, 6.07) is 0. The summed E-state index contributed by atoms with van der Waals surface area (Å²) < 4.78 is 0. The van der Waals surface area contributed by atoms with E-state index in [-0.39, 0.29) is 5.54 Å². The standard InChI is InChI=1S/C9H15N/c1-7-4-8-2-3-9(10,5-7)6-8/h2,7H,3-6,10H2,1H3. The van der Waals surface area contributed by atoms with Crippen molar-refractivity contribution < 1.29 is 0 Å². The Hall–Kier alpha value is -0.300. The van der Waals surface area contributed by atoms with Crippen molar-refractivity contribution in [3.05, 3.63) is 11.6 Å². The van der Waals surface area contributed by atoms with Crippen LogP contribution in [0.5, 0.6) is 0 Å². The maximum Gasteiger partial charge on any atom is 0.0229 e. The summed E-state index contributed by atoms with van der Waals surface area (Å²) in [5.74, 6) is 0.826. The molecule has 1 saturated carbocycles. The van der Waals surface area contributed by atoms with Gasteiger partial charge < -0.3 is 5.73 Å². The lowest BCUT2D eigenvalue weighted by Gasteiger charge is -2.32. The van der Waals surface area contributed by atoms with Crippen molar-refractivity contribution >= 4 is 0 Å². The molecule has 2 N–H and O–H groups in total. The van der Waals surface area contributed by atoms with Crippen molar-refractivity contribution in [2.45, 2.75) is 38.1 Å². The van der Waals surface area contributed by atoms with Gasteiger partial charge in [-0.05, 0) is 31.6 Å². The highest BCUT2D eigenvalue weighted by molar-refractivity contribution is 5.21. The van der Waals surface area contributed by atoms with Crippen LogP contribution in [0.25, 0.3) is 0 Å². The lowest BCUT2D eigenvalue weighted by Crippen LogP contribution is -2.40. The molecule has 1 nitrogen and oxygen atoms in total. The van der Waals surface area contributed by atoms with Crippen molar-refractivity contribution in [1.29, 1.82) is 0 Å². The molecule has 2 aliphatic carbocycles. The third-order valence-electron chi connectivity index (χ3n) is 2.74. The first-order chi connectivity index (χ1) is 4.68. The van der Waals surface area contributed by atoms with Crippen molar-refractivity contribution in [1.82, 2.24) is 0 Å². The molecule has 2 atom stereocenters. The molecule has 0 aliphatic heterocycles. The van der Waals surface area contributed by atoms with Crippen molar-refractivity contribution in [2.24, 2.45) is 11.7 Å². The zero-order valence-corrected chi connectivity index (χ0v) is 6.56. The summed E-state index contributed by atoms with van der Waals surface area (Å²) in [7, 11) is 0. The topological polar surface area (TPSA) is 26.0 Å². The van der Waals surface area contributed by atoms with E-state index >= 15 is 0 Å². The molecule has 0 aromatic heterocycles. The number of fused-ring (bicyclic) bond motifs is 2. The van der Waals surface area contributed by atoms with E-state index in [0.717, 1.165) is 12.3 Å². The molecule has 2 bridgehead atoms. The molecule has 0 spiro atoms. The van der Waals surface area contributed by atoms with E-state index in [1.54, 1.807) is 5.57 Å². The van der Waals surface area contributed by atoms with Gasteiger partial charge in [-0.25, -0.2) is 0 Å². The normalized spacial score (nSPS) is 45.4. The Morgan fingerprint density at radius 3 is 3.20 bits per heavy atom. The van der Waals surface area contributed by atoms with E-state index in [9.17, 15) is 0 Å². The zero-order valence-electron chi connectivity index (χ0n) is 6.56. The van der Waals surface area contributed by atoms with Gasteiger partial charge >= 0.3 is 0 Å². The summed E-state index contributed by atoms with van der Waals surface area (Å²) in [5.41, 5.74) is 7.92. The molecule has 0 saturated heterocycles. The van der Waals surface area contributed by atoms with Gasteiger partial charge in [-0.15, -0.1) is 0 Å². The molecule has 1 fully saturated rings. The van der Waals surface area contributed by atoms with Crippen LogP contribution in [-0.2, 0) is 0 Å². The van der Waals surface area contributed by atoms with E-state index in [2.05, 4.69) is 13.0 Å². The molecule has 2 aliphatic rings. The maximum absolute atomic E-state index is 6.14. The predicted octanol–water partition coefficient (Wildman–Crippen LogP) is 1.83. The molecular weight excluding hydrogens is 122 g/mol. The highest BCUT2D eigenvalue weighted by atomic mass is 14.8. The van der Waals surface area contributed by atoms with Gasteiger partial charge in [0.15, 0.2) is 0 Å². The average Bonchev–Trinajstić information content (AvgIpc) is 2.06. The number of hydrogen-bond acceptors (Lipinski definition) is 1. The summed E-state index contributed by atoms with van der Waals surface area (Å²) in [5, 5.41) is 0. The minimum atomic E-state index is 0.174. The molecule has 10 heavy (non-hydrogen) atoms. The average molecular weight is 137 g/mol. The monoisotopic (exact) mass is 137 g/mol. The fourth-order valence-electron chi connectivity index (χ4n) is 2.47. The lowest BCUT2D eigenvalue weighted by molar-refractivity contribution is 0.307. The van der Waals surface area contributed by atoms with Crippen LogP contribution in [0.3, 0.4) is 0 Å². The van der Waals surface area contributed by atoms with Gasteiger partial charge in [-0.2, -0.15) is 0 Å². The van der Waals surface area contributed by atoms with E-state index in [4.69, 9.17) is 5.73 Å². The summed E-state index contributed by atoms with van der Waals surface area (Å²) >= 11 is 0. The number of rotatable bonds is 0. The van der Waals surface area contributed by atoms with Gasteiger partial charge in [-0.1, -0.05) is 18.6 Å². The minimum Gasteiger partial charge on any atom is -0.325 e. The fraction of sp³-hybridized carbons (Fsp3) is 0.778. The summed E-state index contributed by atoms with van der Waals surface area (Å²) in [6.07, 6.45) is 7.19. The number of hydrogen-bond donors (Lipinski definition) is 1. The second-order valence-corrected chi connectivity index (χ2v) is 4.12. The first-order valence-corrected chi connectivity index (χ1v) is 4.15. The van der Waals surface area contributed by atoms with Gasteiger partial charge in [0.25, 0.3) is 0 Å². The van der Waals surface area contributed by atoms with E-state index in [1.165, 1.54) is 19.3 Å². The molecule has 0 radical (unpaired) electrons. The van der Waals surface area contributed by atoms with Gasteiger partial charge in [0.2, 0.25) is 0 Å². The summed E-state index contributed by atoms with van der Waals surface area (Å²) in [4.78, 5) is 0. The molecule has 0 aromatic rings. The largest absolute Gasteiger partial charge is 0.325 e. The van der Waals surface area contributed by atoms with E-state index in [1.807, 2.05) is 0 Å². The third-order valence-corrected chi connectivity index (χ3v) is 2.74.